The molecule has 0 aliphatic heterocycles. The van der Waals surface area contributed by atoms with Crippen molar-refractivity contribution in [3.8, 4) is 0 Å². The van der Waals surface area contributed by atoms with Crippen LogP contribution in [0.3, 0.4) is 0 Å². The number of aryl methyl sites for hydroxylation is 2. The van der Waals surface area contributed by atoms with E-state index in [-0.39, 0.29) is 0 Å². The molecule has 0 spiro atoms. The molecule has 0 fully saturated rings. The topological polar surface area (TPSA) is 25.2 Å². The van der Waals surface area contributed by atoms with E-state index in [0.29, 0.717) is 5.03 Å². The van der Waals surface area contributed by atoms with E-state index >= 15 is 0 Å². The zero-order valence-electron chi connectivity index (χ0n) is 15.9. The van der Waals surface area contributed by atoms with Crippen molar-refractivity contribution in [1.29, 1.82) is 0 Å². The van der Waals surface area contributed by atoms with E-state index in [4.69, 9.17) is 0 Å². The molecule has 0 saturated heterocycles. The fourth-order valence-corrected chi connectivity index (χ4v) is 3.72. The minimum atomic E-state index is 0.636. The summed E-state index contributed by atoms with van der Waals surface area (Å²) < 4.78 is 2.10. The zero-order chi connectivity index (χ0) is 19.6. The molecule has 3 nitrogen and oxygen atoms in total. The average molecular weight is 377 g/mol. The second-order valence-electron chi connectivity index (χ2n) is 6.45. The first kappa shape index (κ1) is 19.1. The van der Waals surface area contributed by atoms with Crippen molar-refractivity contribution in [2.24, 2.45) is 7.05 Å². The standard InChI is InChI=1S/C23H24N2OS/c1-5-17-14-18(10-11-19(17)15-26)21(6-2)25(16(3)27)23-9-7-8-22-20(23)12-13-24(22)4/h6-15,27H,3,5H2,1-2,4H3/b21-6-. The molecular weight excluding hydrogens is 352 g/mol. The van der Waals surface area contributed by atoms with Crippen molar-refractivity contribution in [2.75, 3.05) is 4.90 Å². The van der Waals surface area contributed by atoms with Crippen LogP contribution in [-0.4, -0.2) is 10.9 Å². The van der Waals surface area contributed by atoms with Crippen LogP contribution < -0.4 is 4.90 Å². The molecule has 3 aromatic rings. The van der Waals surface area contributed by atoms with E-state index in [1.165, 1.54) is 0 Å². The maximum atomic E-state index is 11.3. The Morgan fingerprint density at radius 1 is 1.26 bits per heavy atom. The Morgan fingerprint density at radius 3 is 2.67 bits per heavy atom. The number of thiol groups is 1. The molecule has 138 valence electrons. The maximum Gasteiger partial charge on any atom is 0.150 e. The Kier molecular flexibility index (Phi) is 5.57. The number of aromatic nitrogens is 1. The number of rotatable bonds is 6. The van der Waals surface area contributed by atoms with Gasteiger partial charge in [-0.1, -0.05) is 37.8 Å². The van der Waals surface area contributed by atoms with Gasteiger partial charge >= 0.3 is 0 Å². The highest BCUT2D eigenvalue weighted by atomic mass is 32.1. The number of nitrogens with zero attached hydrogens (tertiary/aromatic N) is 2. The Bertz CT molecular complexity index is 1050. The van der Waals surface area contributed by atoms with Crippen molar-refractivity contribution < 1.29 is 4.79 Å². The predicted octanol–water partition coefficient (Wildman–Crippen LogP) is 5.82. The molecule has 0 amide bonds. The molecule has 0 aliphatic carbocycles. The number of hydrogen-bond acceptors (Lipinski definition) is 3. The van der Waals surface area contributed by atoms with Gasteiger partial charge in [-0.15, -0.1) is 12.6 Å². The smallest absolute Gasteiger partial charge is 0.150 e. The Balaban J connectivity index is 2.19. The van der Waals surface area contributed by atoms with Gasteiger partial charge in [0.1, 0.15) is 6.29 Å². The largest absolute Gasteiger partial charge is 0.350 e. The maximum absolute atomic E-state index is 11.3. The SMILES string of the molecule is C=C(S)N(/C(=C\C)c1ccc(C=O)c(CC)c1)c1cccc2c1ccn2C. The molecule has 0 atom stereocenters. The van der Waals surface area contributed by atoms with Crippen LogP contribution in [0.2, 0.25) is 0 Å². The summed E-state index contributed by atoms with van der Waals surface area (Å²) in [5, 5.41) is 1.77. The van der Waals surface area contributed by atoms with Gasteiger partial charge in [-0.3, -0.25) is 4.79 Å². The van der Waals surface area contributed by atoms with Crippen molar-refractivity contribution in [2.45, 2.75) is 20.3 Å². The third kappa shape index (κ3) is 3.45. The summed E-state index contributed by atoms with van der Waals surface area (Å²) in [6.07, 6.45) is 5.82. The summed E-state index contributed by atoms with van der Waals surface area (Å²) in [6, 6.07) is 14.3. The third-order valence-corrected chi connectivity index (χ3v) is 5.06. The molecule has 1 aromatic heterocycles. The summed E-state index contributed by atoms with van der Waals surface area (Å²) in [7, 11) is 2.04. The van der Waals surface area contributed by atoms with Gasteiger partial charge in [-0.05, 0) is 48.7 Å². The van der Waals surface area contributed by atoms with Crippen LogP contribution in [0.1, 0.15) is 35.3 Å². The monoisotopic (exact) mass is 376 g/mol. The molecule has 27 heavy (non-hydrogen) atoms. The van der Waals surface area contributed by atoms with E-state index < -0.39 is 0 Å². The predicted molar refractivity (Wildman–Crippen MR) is 118 cm³/mol. The molecule has 0 saturated carbocycles. The molecule has 0 radical (unpaired) electrons. The lowest BCUT2D eigenvalue weighted by molar-refractivity contribution is 0.112. The van der Waals surface area contributed by atoms with E-state index in [2.05, 4.69) is 72.1 Å². The van der Waals surface area contributed by atoms with Gasteiger partial charge in [0.25, 0.3) is 0 Å². The van der Waals surface area contributed by atoms with Gasteiger partial charge in [-0.25, -0.2) is 0 Å². The number of fused-ring (bicyclic) bond motifs is 1. The summed E-state index contributed by atoms with van der Waals surface area (Å²) in [4.78, 5) is 13.4. The van der Waals surface area contributed by atoms with E-state index in [9.17, 15) is 4.79 Å². The number of aldehydes is 1. The minimum Gasteiger partial charge on any atom is -0.350 e. The summed E-state index contributed by atoms with van der Waals surface area (Å²) in [5.41, 5.74) is 5.95. The number of carbonyl (C=O) groups excluding carboxylic acids is 1. The van der Waals surface area contributed by atoms with Gasteiger partial charge in [0.05, 0.1) is 10.7 Å². The van der Waals surface area contributed by atoms with Crippen LogP contribution in [0.5, 0.6) is 0 Å². The Morgan fingerprint density at radius 2 is 2.04 bits per heavy atom. The molecule has 2 aromatic carbocycles. The van der Waals surface area contributed by atoms with Gasteiger partial charge in [-0.2, -0.15) is 0 Å². The fraction of sp³-hybridized carbons (Fsp3) is 0.174. The molecule has 3 rings (SSSR count). The summed E-state index contributed by atoms with van der Waals surface area (Å²) in [6.45, 7) is 8.16. The Labute approximate surface area is 166 Å². The average Bonchev–Trinajstić information content (AvgIpc) is 3.06. The number of allylic oxidation sites excluding steroid dienone is 1. The molecular formula is C23H24N2OS. The first-order valence-electron chi connectivity index (χ1n) is 8.98. The summed E-state index contributed by atoms with van der Waals surface area (Å²) >= 11 is 4.60. The first-order chi connectivity index (χ1) is 13.0. The molecule has 1 heterocycles. The van der Waals surface area contributed by atoms with Crippen molar-refractivity contribution in [3.63, 3.8) is 0 Å². The second-order valence-corrected chi connectivity index (χ2v) is 6.96. The number of anilines is 1. The van der Waals surface area contributed by atoms with Crippen LogP contribution in [0, 0.1) is 0 Å². The molecule has 0 bridgehead atoms. The lowest BCUT2D eigenvalue weighted by Gasteiger charge is -2.28. The lowest BCUT2D eigenvalue weighted by Crippen LogP contribution is -2.18. The highest BCUT2D eigenvalue weighted by Crippen LogP contribution is 2.36. The van der Waals surface area contributed by atoms with Crippen LogP contribution in [0.4, 0.5) is 5.69 Å². The highest BCUT2D eigenvalue weighted by molar-refractivity contribution is 7.84. The van der Waals surface area contributed by atoms with Gasteiger partial charge in [0, 0.05) is 35.4 Å². The lowest BCUT2D eigenvalue weighted by atomic mass is 10.00. The van der Waals surface area contributed by atoms with Crippen LogP contribution in [0.25, 0.3) is 16.6 Å². The van der Waals surface area contributed by atoms with Crippen LogP contribution in [0.15, 0.2) is 66.3 Å². The summed E-state index contributed by atoms with van der Waals surface area (Å²) in [5.74, 6) is 0. The second kappa shape index (κ2) is 7.89. The van der Waals surface area contributed by atoms with Crippen LogP contribution >= 0.6 is 12.6 Å². The van der Waals surface area contributed by atoms with Gasteiger partial charge < -0.3 is 9.47 Å². The fourth-order valence-electron chi connectivity index (χ4n) is 3.50. The quantitative estimate of drug-likeness (QED) is 0.433. The third-order valence-electron chi connectivity index (χ3n) is 4.86. The van der Waals surface area contributed by atoms with Crippen LogP contribution in [-0.2, 0) is 13.5 Å². The highest BCUT2D eigenvalue weighted by Gasteiger charge is 2.19. The number of carbonyl (C=O) groups is 1. The number of benzene rings is 2. The first-order valence-corrected chi connectivity index (χ1v) is 9.43. The normalized spacial score (nSPS) is 11.6. The van der Waals surface area contributed by atoms with Gasteiger partial charge in [0.2, 0.25) is 0 Å². The number of hydrogen-bond donors (Lipinski definition) is 1. The van der Waals surface area contributed by atoms with Crippen molar-refractivity contribution >= 4 is 41.2 Å². The minimum absolute atomic E-state index is 0.636. The molecule has 4 heteroatoms. The molecule has 0 unspecified atom stereocenters. The van der Waals surface area contributed by atoms with E-state index in [1.807, 2.05) is 32.2 Å². The molecule has 0 aliphatic rings. The molecule has 0 N–H and O–H groups in total. The van der Waals surface area contributed by atoms with E-state index in [0.717, 1.165) is 51.7 Å². The van der Waals surface area contributed by atoms with Crippen molar-refractivity contribution in [3.05, 3.63) is 83.0 Å². The van der Waals surface area contributed by atoms with E-state index in [1.54, 1.807) is 0 Å². The van der Waals surface area contributed by atoms with Gasteiger partial charge in [0.15, 0.2) is 0 Å². The zero-order valence-corrected chi connectivity index (χ0v) is 16.8. The Hall–Kier alpha value is -2.72. The van der Waals surface area contributed by atoms with Crippen molar-refractivity contribution in [1.82, 2.24) is 4.57 Å².